The van der Waals surface area contributed by atoms with E-state index in [2.05, 4.69) is 5.16 Å². The SMILES string of the molecule is CC1CC(=O)c2c(OCc3cc(-c4ccco4)on3)ccc(F)c21. The molecule has 24 heavy (non-hydrogen) atoms. The van der Waals surface area contributed by atoms with Crippen molar-refractivity contribution in [3.8, 4) is 17.3 Å². The minimum absolute atomic E-state index is 0.0940. The van der Waals surface area contributed by atoms with Crippen molar-refractivity contribution in [1.29, 1.82) is 0 Å². The van der Waals surface area contributed by atoms with Gasteiger partial charge in [-0.05, 0) is 30.2 Å². The number of ketones is 1. The van der Waals surface area contributed by atoms with Crippen LogP contribution in [-0.4, -0.2) is 10.9 Å². The second kappa shape index (κ2) is 5.63. The van der Waals surface area contributed by atoms with Crippen molar-refractivity contribution in [2.45, 2.75) is 25.9 Å². The highest BCUT2D eigenvalue weighted by Gasteiger charge is 2.32. The van der Waals surface area contributed by atoms with Crippen LogP contribution in [0, 0.1) is 5.82 Å². The lowest BCUT2D eigenvalue weighted by Crippen LogP contribution is -2.03. The maximum atomic E-state index is 14.0. The number of hydrogen-bond donors (Lipinski definition) is 0. The quantitative estimate of drug-likeness (QED) is 0.713. The Balaban J connectivity index is 1.56. The van der Waals surface area contributed by atoms with E-state index in [0.29, 0.717) is 40.5 Å². The van der Waals surface area contributed by atoms with Crippen molar-refractivity contribution >= 4 is 5.78 Å². The number of furan rings is 1. The second-order valence-electron chi connectivity index (χ2n) is 5.81. The van der Waals surface area contributed by atoms with Crippen LogP contribution in [0.5, 0.6) is 5.75 Å². The van der Waals surface area contributed by atoms with Crippen LogP contribution in [0.4, 0.5) is 4.39 Å². The Bertz CT molecular complexity index is 898. The van der Waals surface area contributed by atoms with Crippen LogP contribution in [0.2, 0.25) is 0 Å². The summed E-state index contributed by atoms with van der Waals surface area (Å²) in [4.78, 5) is 12.1. The third-order valence-corrected chi connectivity index (χ3v) is 4.12. The molecule has 1 aliphatic rings. The van der Waals surface area contributed by atoms with E-state index >= 15 is 0 Å². The number of carbonyl (C=O) groups excluding carboxylic acids is 1. The van der Waals surface area contributed by atoms with E-state index < -0.39 is 0 Å². The van der Waals surface area contributed by atoms with Gasteiger partial charge in [0.1, 0.15) is 23.9 Å². The number of halogens is 1. The molecule has 0 N–H and O–H groups in total. The van der Waals surface area contributed by atoms with Gasteiger partial charge in [-0.3, -0.25) is 4.79 Å². The van der Waals surface area contributed by atoms with Crippen molar-refractivity contribution in [3.05, 3.63) is 59.2 Å². The highest BCUT2D eigenvalue weighted by molar-refractivity contribution is 6.03. The molecule has 6 heteroatoms. The van der Waals surface area contributed by atoms with Gasteiger partial charge in [-0.2, -0.15) is 0 Å². The van der Waals surface area contributed by atoms with Crippen LogP contribution in [0.3, 0.4) is 0 Å². The van der Waals surface area contributed by atoms with E-state index in [9.17, 15) is 9.18 Å². The van der Waals surface area contributed by atoms with Gasteiger partial charge in [0.2, 0.25) is 5.76 Å². The summed E-state index contributed by atoms with van der Waals surface area (Å²) < 4.78 is 30.1. The molecule has 0 radical (unpaired) electrons. The van der Waals surface area contributed by atoms with Crippen LogP contribution >= 0.6 is 0 Å². The maximum absolute atomic E-state index is 14.0. The Kier molecular flexibility index (Phi) is 3.45. The highest BCUT2D eigenvalue weighted by atomic mass is 19.1. The summed E-state index contributed by atoms with van der Waals surface area (Å²) in [5.74, 6) is 0.852. The summed E-state index contributed by atoms with van der Waals surface area (Å²) in [5.41, 5.74) is 1.34. The molecule has 1 unspecified atom stereocenters. The van der Waals surface area contributed by atoms with Crippen molar-refractivity contribution in [2.24, 2.45) is 0 Å². The predicted octanol–water partition coefficient (Wildman–Crippen LogP) is 4.34. The Hall–Kier alpha value is -2.89. The van der Waals surface area contributed by atoms with Gasteiger partial charge in [-0.1, -0.05) is 12.1 Å². The van der Waals surface area contributed by atoms with Gasteiger partial charge >= 0.3 is 0 Å². The minimum Gasteiger partial charge on any atom is -0.486 e. The lowest BCUT2D eigenvalue weighted by atomic mass is 10.0. The fourth-order valence-electron chi connectivity index (χ4n) is 3.01. The second-order valence-corrected chi connectivity index (χ2v) is 5.81. The molecule has 2 aromatic heterocycles. The molecular weight excluding hydrogens is 313 g/mol. The Morgan fingerprint density at radius 2 is 2.21 bits per heavy atom. The van der Waals surface area contributed by atoms with E-state index in [-0.39, 0.29) is 24.1 Å². The topological polar surface area (TPSA) is 65.5 Å². The smallest absolute Gasteiger partial charge is 0.202 e. The number of carbonyl (C=O) groups is 1. The van der Waals surface area contributed by atoms with Crippen LogP contribution in [-0.2, 0) is 6.61 Å². The molecule has 4 rings (SSSR count). The van der Waals surface area contributed by atoms with Gasteiger partial charge in [0.15, 0.2) is 11.5 Å². The number of ether oxygens (including phenoxy) is 1. The number of benzene rings is 1. The molecule has 0 spiro atoms. The van der Waals surface area contributed by atoms with E-state index in [1.54, 1.807) is 24.5 Å². The first-order chi connectivity index (χ1) is 11.6. The number of rotatable bonds is 4. The molecule has 5 nitrogen and oxygen atoms in total. The third-order valence-electron chi connectivity index (χ3n) is 4.12. The summed E-state index contributed by atoms with van der Waals surface area (Å²) in [6.45, 7) is 1.95. The van der Waals surface area contributed by atoms with E-state index in [1.165, 1.54) is 12.1 Å². The van der Waals surface area contributed by atoms with Crippen LogP contribution in [0.1, 0.15) is 40.9 Å². The monoisotopic (exact) mass is 327 g/mol. The average Bonchev–Trinajstić information content (AvgIpc) is 3.28. The molecule has 0 saturated heterocycles. The first kappa shape index (κ1) is 14.7. The van der Waals surface area contributed by atoms with Crippen LogP contribution in [0.25, 0.3) is 11.5 Å². The van der Waals surface area contributed by atoms with E-state index in [0.717, 1.165) is 0 Å². The number of Topliss-reactive ketones (excluding diaryl/α,β-unsaturated/α-hetero) is 1. The molecule has 1 aliphatic carbocycles. The largest absolute Gasteiger partial charge is 0.486 e. The molecule has 0 saturated carbocycles. The van der Waals surface area contributed by atoms with Crippen molar-refractivity contribution < 1.29 is 22.9 Å². The fraction of sp³-hybridized carbons (Fsp3) is 0.222. The fourth-order valence-corrected chi connectivity index (χ4v) is 3.01. The van der Waals surface area contributed by atoms with E-state index in [4.69, 9.17) is 13.7 Å². The molecule has 0 fully saturated rings. The van der Waals surface area contributed by atoms with Crippen LogP contribution < -0.4 is 4.74 Å². The Morgan fingerprint density at radius 1 is 1.33 bits per heavy atom. The summed E-state index contributed by atoms with van der Waals surface area (Å²) >= 11 is 0. The van der Waals surface area contributed by atoms with Gasteiger partial charge in [0.25, 0.3) is 0 Å². The Labute approximate surface area is 137 Å². The summed E-state index contributed by atoms with van der Waals surface area (Å²) in [7, 11) is 0. The third kappa shape index (κ3) is 2.40. The zero-order chi connectivity index (χ0) is 16.7. The number of aromatic nitrogens is 1. The first-order valence-corrected chi connectivity index (χ1v) is 7.61. The lowest BCUT2D eigenvalue weighted by Gasteiger charge is -2.10. The minimum atomic E-state index is -0.364. The van der Waals surface area contributed by atoms with Crippen molar-refractivity contribution in [2.75, 3.05) is 0 Å². The molecule has 3 aromatic rings. The molecule has 122 valence electrons. The Morgan fingerprint density at radius 3 is 3.00 bits per heavy atom. The number of fused-ring (bicyclic) bond motifs is 1. The molecule has 1 aromatic carbocycles. The standard InChI is InChI=1S/C18H14FNO4/c1-10-7-13(21)18-15(5-4-12(19)17(10)18)23-9-11-8-16(24-20-11)14-3-2-6-22-14/h2-6,8,10H,7,9H2,1H3. The van der Waals surface area contributed by atoms with Gasteiger partial charge in [0.05, 0.1) is 11.8 Å². The molecule has 0 amide bonds. The average molecular weight is 327 g/mol. The summed E-state index contributed by atoms with van der Waals surface area (Å²) in [6, 6.07) is 8.03. The number of nitrogens with zero attached hydrogens (tertiary/aromatic N) is 1. The molecule has 0 bridgehead atoms. The molecule has 0 aliphatic heterocycles. The summed E-state index contributed by atoms with van der Waals surface area (Å²) in [5, 5.41) is 3.91. The van der Waals surface area contributed by atoms with Crippen molar-refractivity contribution in [3.63, 3.8) is 0 Å². The van der Waals surface area contributed by atoms with Crippen molar-refractivity contribution in [1.82, 2.24) is 5.16 Å². The number of hydrogen-bond acceptors (Lipinski definition) is 5. The van der Waals surface area contributed by atoms with Gasteiger partial charge in [-0.15, -0.1) is 0 Å². The van der Waals surface area contributed by atoms with Gasteiger partial charge in [0, 0.05) is 18.1 Å². The normalized spacial score (nSPS) is 16.4. The zero-order valence-electron chi connectivity index (χ0n) is 12.9. The first-order valence-electron chi connectivity index (χ1n) is 7.61. The summed E-state index contributed by atoms with van der Waals surface area (Å²) in [6.07, 6.45) is 1.85. The molecule has 1 atom stereocenters. The van der Waals surface area contributed by atoms with Crippen LogP contribution in [0.15, 0.2) is 45.5 Å². The maximum Gasteiger partial charge on any atom is 0.202 e. The lowest BCUT2D eigenvalue weighted by molar-refractivity contribution is 0.0986. The van der Waals surface area contributed by atoms with Gasteiger partial charge in [-0.25, -0.2) is 4.39 Å². The molecule has 2 heterocycles. The van der Waals surface area contributed by atoms with Gasteiger partial charge < -0.3 is 13.7 Å². The zero-order valence-corrected chi connectivity index (χ0v) is 12.9. The molecular formula is C18H14FNO4. The van der Waals surface area contributed by atoms with E-state index in [1.807, 2.05) is 6.92 Å². The highest BCUT2D eigenvalue weighted by Crippen LogP contribution is 2.40. The predicted molar refractivity (Wildman–Crippen MR) is 82.3 cm³/mol.